The van der Waals surface area contributed by atoms with E-state index in [1.54, 1.807) is 18.2 Å². The number of aromatic nitrogens is 1. The van der Waals surface area contributed by atoms with E-state index in [0.717, 1.165) is 10.0 Å². The van der Waals surface area contributed by atoms with Crippen LogP contribution in [0, 0.1) is 0 Å². The van der Waals surface area contributed by atoms with E-state index >= 15 is 0 Å². The van der Waals surface area contributed by atoms with Crippen LogP contribution in [0.4, 0.5) is 0 Å². The van der Waals surface area contributed by atoms with Crippen molar-refractivity contribution in [1.82, 2.24) is 5.16 Å². The maximum absolute atomic E-state index is 11.6. The number of halogens is 1. The summed E-state index contributed by atoms with van der Waals surface area (Å²) in [4.78, 5) is 11.6. The lowest BCUT2D eigenvalue weighted by molar-refractivity contribution is -0.145. The van der Waals surface area contributed by atoms with Crippen molar-refractivity contribution in [3.63, 3.8) is 0 Å². The minimum absolute atomic E-state index is 0.366. The Morgan fingerprint density at radius 3 is 2.68 bits per heavy atom. The summed E-state index contributed by atoms with van der Waals surface area (Å²) in [7, 11) is 0. The fourth-order valence-electron chi connectivity index (χ4n) is 2.48. The molecule has 3 aromatic rings. The third kappa shape index (κ3) is 4.48. The van der Waals surface area contributed by atoms with Gasteiger partial charge in [0.1, 0.15) is 5.75 Å². The van der Waals surface area contributed by atoms with Crippen molar-refractivity contribution in [2.75, 3.05) is 0 Å². The number of benzene rings is 2. The number of aryl methyl sites for hydroxylation is 1. The molecule has 0 saturated carbocycles. The largest absolute Gasteiger partial charge is 0.479 e. The number of carboxylic acids is 1. The summed E-state index contributed by atoms with van der Waals surface area (Å²) < 4.78 is 11.8. The summed E-state index contributed by atoms with van der Waals surface area (Å²) >= 11 is 3.40. The van der Waals surface area contributed by atoms with E-state index in [4.69, 9.17) is 9.26 Å². The number of hydrogen-bond donors (Lipinski definition) is 1. The highest BCUT2D eigenvalue weighted by Crippen LogP contribution is 2.33. The second kappa shape index (κ2) is 7.98. The van der Waals surface area contributed by atoms with Gasteiger partial charge >= 0.3 is 5.97 Å². The summed E-state index contributed by atoms with van der Waals surface area (Å²) in [5.41, 5.74) is 1.72. The lowest BCUT2D eigenvalue weighted by Crippen LogP contribution is -2.27. The molecule has 1 N–H and O–H groups in total. The first kappa shape index (κ1) is 17.2. The van der Waals surface area contributed by atoms with Crippen LogP contribution in [-0.2, 0) is 11.2 Å². The zero-order chi connectivity index (χ0) is 17.6. The highest BCUT2D eigenvalue weighted by atomic mass is 79.9. The summed E-state index contributed by atoms with van der Waals surface area (Å²) in [6.45, 7) is 0. The van der Waals surface area contributed by atoms with Gasteiger partial charge in [-0.15, -0.1) is 0 Å². The quantitative estimate of drug-likeness (QED) is 0.627. The molecular weight excluding hydrogens is 386 g/mol. The Morgan fingerprint density at radius 1 is 1.20 bits per heavy atom. The molecule has 1 aromatic heterocycles. The fraction of sp³-hybridized carbons (Fsp3) is 0.158. The van der Waals surface area contributed by atoms with Gasteiger partial charge in [-0.1, -0.05) is 51.4 Å². The van der Waals surface area contributed by atoms with Gasteiger partial charge in [0.25, 0.3) is 0 Å². The molecule has 128 valence electrons. The molecule has 0 amide bonds. The van der Waals surface area contributed by atoms with Crippen molar-refractivity contribution in [1.29, 1.82) is 0 Å². The van der Waals surface area contributed by atoms with Gasteiger partial charge in [-0.25, -0.2) is 4.79 Å². The van der Waals surface area contributed by atoms with Gasteiger partial charge in [0.15, 0.2) is 11.9 Å². The lowest BCUT2D eigenvalue weighted by Gasteiger charge is -2.17. The molecule has 1 heterocycles. The number of nitrogens with zero attached hydrogens (tertiary/aromatic N) is 1. The van der Waals surface area contributed by atoms with E-state index in [1.165, 1.54) is 6.20 Å². The number of carbonyl (C=O) groups is 1. The van der Waals surface area contributed by atoms with Gasteiger partial charge in [0, 0.05) is 10.5 Å². The molecule has 0 spiro atoms. The zero-order valence-electron chi connectivity index (χ0n) is 13.3. The van der Waals surface area contributed by atoms with E-state index in [-0.39, 0.29) is 0 Å². The topological polar surface area (TPSA) is 72.6 Å². The molecule has 1 atom stereocenters. The minimum atomic E-state index is -0.998. The van der Waals surface area contributed by atoms with Crippen LogP contribution in [0.2, 0.25) is 0 Å². The van der Waals surface area contributed by atoms with E-state index in [1.807, 2.05) is 36.4 Å². The highest BCUT2D eigenvalue weighted by Gasteiger charge is 2.22. The summed E-state index contributed by atoms with van der Waals surface area (Å²) in [5.74, 6) is -0.0359. The van der Waals surface area contributed by atoms with Gasteiger partial charge in [-0.3, -0.25) is 0 Å². The number of carboxylic acid groups (broad SMARTS) is 1. The van der Waals surface area contributed by atoms with Crippen LogP contribution in [0.3, 0.4) is 0 Å². The standard InChI is InChI=1S/C19H16BrNO4/c20-14-7-9-16(15(12-14)17-10-11-21-25-17)24-18(19(22)23)8-6-13-4-2-1-3-5-13/h1-5,7,9-12,18H,6,8H2,(H,22,23). The zero-order valence-corrected chi connectivity index (χ0v) is 14.8. The van der Waals surface area contributed by atoms with Crippen LogP contribution >= 0.6 is 15.9 Å². The van der Waals surface area contributed by atoms with Gasteiger partial charge in [0.2, 0.25) is 0 Å². The van der Waals surface area contributed by atoms with Crippen LogP contribution in [0.5, 0.6) is 5.75 Å². The Morgan fingerprint density at radius 2 is 2.00 bits per heavy atom. The van der Waals surface area contributed by atoms with Gasteiger partial charge in [0.05, 0.1) is 11.8 Å². The molecule has 3 rings (SSSR count). The number of rotatable bonds is 7. The van der Waals surface area contributed by atoms with Gasteiger partial charge < -0.3 is 14.4 Å². The first-order chi connectivity index (χ1) is 12.1. The molecule has 0 aliphatic carbocycles. The van der Waals surface area contributed by atoms with E-state index in [2.05, 4.69) is 21.1 Å². The maximum atomic E-state index is 11.6. The van der Waals surface area contributed by atoms with Crippen molar-refractivity contribution in [3.8, 4) is 17.1 Å². The average Bonchev–Trinajstić information content (AvgIpc) is 3.14. The van der Waals surface area contributed by atoms with Crippen molar-refractivity contribution in [2.24, 2.45) is 0 Å². The average molecular weight is 402 g/mol. The van der Waals surface area contributed by atoms with E-state index in [0.29, 0.717) is 29.9 Å². The monoisotopic (exact) mass is 401 g/mol. The first-order valence-corrected chi connectivity index (χ1v) is 8.57. The summed E-state index contributed by atoms with van der Waals surface area (Å²) in [6.07, 6.45) is 1.56. The van der Waals surface area contributed by atoms with Crippen LogP contribution < -0.4 is 4.74 Å². The number of ether oxygens (including phenoxy) is 1. The van der Waals surface area contributed by atoms with Crippen molar-refractivity contribution in [3.05, 3.63) is 70.8 Å². The van der Waals surface area contributed by atoms with Crippen LogP contribution in [0.25, 0.3) is 11.3 Å². The molecular formula is C19H16BrNO4. The number of hydrogen-bond acceptors (Lipinski definition) is 4. The summed E-state index contributed by atoms with van der Waals surface area (Å²) in [5, 5.41) is 13.2. The van der Waals surface area contributed by atoms with Crippen molar-refractivity contribution < 1.29 is 19.2 Å². The molecule has 0 saturated heterocycles. The molecule has 0 radical (unpaired) electrons. The lowest BCUT2D eigenvalue weighted by atomic mass is 10.1. The Bertz CT molecular complexity index is 834. The Balaban J connectivity index is 1.79. The number of aliphatic carboxylic acids is 1. The molecule has 1 unspecified atom stereocenters. The van der Waals surface area contributed by atoms with Gasteiger partial charge in [-0.05, 0) is 36.6 Å². The maximum Gasteiger partial charge on any atom is 0.344 e. The third-order valence-corrected chi connectivity index (χ3v) is 4.22. The normalized spacial score (nSPS) is 11.9. The van der Waals surface area contributed by atoms with Crippen LogP contribution in [-0.4, -0.2) is 22.3 Å². The molecule has 6 heteroatoms. The smallest absolute Gasteiger partial charge is 0.344 e. The van der Waals surface area contributed by atoms with E-state index in [9.17, 15) is 9.90 Å². The first-order valence-electron chi connectivity index (χ1n) is 7.77. The van der Waals surface area contributed by atoms with E-state index < -0.39 is 12.1 Å². The molecule has 25 heavy (non-hydrogen) atoms. The second-order valence-corrected chi connectivity index (χ2v) is 6.40. The highest BCUT2D eigenvalue weighted by molar-refractivity contribution is 9.10. The molecule has 0 aliphatic rings. The third-order valence-electron chi connectivity index (χ3n) is 3.73. The summed E-state index contributed by atoms with van der Waals surface area (Å²) in [6, 6.07) is 16.8. The SMILES string of the molecule is O=C(O)C(CCc1ccccc1)Oc1ccc(Br)cc1-c1ccno1. The molecule has 2 aromatic carbocycles. The Hall–Kier alpha value is -2.60. The van der Waals surface area contributed by atoms with Crippen molar-refractivity contribution >= 4 is 21.9 Å². The minimum Gasteiger partial charge on any atom is -0.479 e. The van der Waals surface area contributed by atoms with Crippen molar-refractivity contribution in [2.45, 2.75) is 18.9 Å². The molecule has 0 bridgehead atoms. The Labute approximate surface area is 153 Å². The predicted octanol–water partition coefficient (Wildman–Crippen LogP) is 4.57. The fourth-order valence-corrected chi connectivity index (χ4v) is 2.84. The Kier molecular flexibility index (Phi) is 5.50. The van der Waals surface area contributed by atoms with Gasteiger partial charge in [-0.2, -0.15) is 0 Å². The van der Waals surface area contributed by atoms with Crippen LogP contribution in [0.15, 0.2) is 69.8 Å². The molecule has 5 nitrogen and oxygen atoms in total. The molecule has 0 fully saturated rings. The second-order valence-electron chi connectivity index (χ2n) is 5.49. The predicted molar refractivity (Wildman–Crippen MR) is 96.5 cm³/mol. The molecule has 0 aliphatic heterocycles. The van der Waals surface area contributed by atoms with Crippen LogP contribution in [0.1, 0.15) is 12.0 Å².